The van der Waals surface area contributed by atoms with E-state index in [1.54, 1.807) is 6.33 Å². The summed E-state index contributed by atoms with van der Waals surface area (Å²) < 4.78 is 7.88. The van der Waals surface area contributed by atoms with Gasteiger partial charge in [0.1, 0.15) is 30.1 Å². The predicted molar refractivity (Wildman–Crippen MR) is 113 cm³/mol. The van der Waals surface area contributed by atoms with Crippen LogP contribution < -0.4 is 10.5 Å². The number of nitrogens with two attached hydrogens (primary N) is 1. The van der Waals surface area contributed by atoms with Gasteiger partial charge in [-0.25, -0.2) is 9.97 Å². The minimum Gasteiger partial charge on any atom is -0.491 e. The highest BCUT2D eigenvalue weighted by molar-refractivity contribution is 6.00. The Kier molecular flexibility index (Phi) is 4.85. The van der Waals surface area contributed by atoms with Crippen molar-refractivity contribution >= 4 is 16.9 Å². The number of rotatable bonds is 7. The zero-order chi connectivity index (χ0) is 19.8. The van der Waals surface area contributed by atoms with E-state index in [9.17, 15) is 0 Å². The summed E-state index contributed by atoms with van der Waals surface area (Å²) >= 11 is 0. The van der Waals surface area contributed by atoms with Gasteiger partial charge in [-0.3, -0.25) is 0 Å². The molecule has 3 heterocycles. The molecule has 29 heavy (non-hydrogen) atoms. The van der Waals surface area contributed by atoms with Crippen LogP contribution in [0.4, 0.5) is 5.82 Å². The van der Waals surface area contributed by atoms with Crippen molar-refractivity contribution in [3.63, 3.8) is 0 Å². The third kappa shape index (κ3) is 3.45. The number of ether oxygens (including phenoxy) is 1. The quantitative estimate of drug-likeness (QED) is 0.642. The fraction of sp³-hybridized carbons (Fsp3) is 0.455. The average molecular weight is 393 g/mol. The summed E-state index contributed by atoms with van der Waals surface area (Å²) in [4.78, 5) is 11.4. The van der Waals surface area contributed by atoms with E-state index < -0.39 is 0 Å². The molecule has 1 aromatic carbocycles. The molecule has 0 spiro atoms. The molecule has 7 heteroatoms. The molecule has 0 bridgehead atoms. The van der Waals surface area contributed by atoms with Crippen LogP contribution in [0.25, 0.3) is 22.2 Å². The van der Waals surface area contributed by atoms with Crippen LogP contribution >= 0.6 is 0 Å². The Morgan fingerprint density at radius 3 is 2.83 bits per heavy atom. The molecule has 3 aromatic rings. The van der Waals surface area contributed by atoms with Crippen LogP contribution in [0.5, 0.6) is 5.75 Å². The highest BCUT2D eigenvalue weighted by Crippen LogP contribution is 2.43. The average Bonchev–Trinajstić information content (AvgIpc) is 3.05. The fourth-order valence-corrected chi connectivity index (χ4v) is 4.53. The van der Waals surface area contributed by atoms with Crippen molar-refractivity contribution in [1.29, 1.82) is 0 Å². The Labute approximate surface area is 170 Å². The molecule has 152 valence electrons. The molecule has 0 amide bonds. The number of hydrogen-bond donors (Lipinski definition) is 2. The van der Waals surface area contributed by atoms with Gasteiger partial charge in [0.2, 0.25) is 0 Å². The van der Waals surface area contributed by atoms with E-state index >= 15 is 0 Å². The first-order valence-corrected chi connectivity index (χ1v) is 10.4. The number of hydrogen-bond acceptors (Lipinski definition) is 6. The van der Waals surface area contributed by atoms with Crippen LogP contribution in [0.2, 0.25) is 0 Å². The van der Waals surface area contributed by atoms with E-state index in [0.717, 1.165) is 33.8 Å². The predicted octanol–water partition coefficient (Wildman–Crippen LogP) is 2.71. The Balaban J connectivity index is 1.45. The summed E-state index contributed by atoms with van der Waals surface area (Å²) in [6, 6.07) is 8.34. The van der Waals surface area contributed by atoms with E-state index in [2.05, 4.69) is 25.6 Å². The molecule has 5 rings (SSSR count). The number of benzene rings is 1. The van der Waals surface area contributed by atoms with Gasteiger partial charge in [0.05, 0.1) is 12.0 Å². The normalized spacial score (nSPS) is 21.7. The van der Waals surface area contributed by atoms with Gasteiger partial charge in [0.25, 0.3) is 0 Å². The first-order valence-electron chi connectivity index (χ1n) is 10.4. The number of nitrogen functional groups attached to an aromatic ring is 1. The molecule has 0 unspecified atom stereocenters. The Hall–Kier alpha value is -2.64. The minimum absolute atomic E-state index is 0.00933. The van der Waals surface area contributed by atoms with Crippen molar-refractivity contribution < 1.29 is 9.84 Å². The van der Waals surface area contributed by atoms with Crippen molar-refractivity contribution in [2.45, 2.75) is 25.3 Å². The maximum Gasteiger partial charge on any atom is 0.146 e. The maximum atomic E-state index is 9.02. The second-order valence-corrected chi connectivity index (χ2v) is 8.15. The number of aromatic nitrogens is 3. The molecule has 2 fully saturated rings. The van der Waals surface area contributed by atoms with Gasteiger partial charge in [0.15, 0.2) is 0 Å². The molecule has 1 aliphatic carbocycles. The first kappa shape index (κ1) is 18.4. The molecule has 0 atom stereocenters. The molecule has 1 saturated heterocycles. The van der Waals surface area contributed by atoms with Gasteiger partial charge < -0.3 is 25.0 Å². The van der Waals surface area contributed by atoms with E-state index in [4.69, 9.17) is 15.6 Å². The number of nitrogens with zero attached hydrogens (tertiary/aromatic N) is 4. The topological polar surface area (TPSA) is 89.4 Å². The summed E-state index contributed by atoms with van der Waals surface area (Å²) in [6.45, 7) is 4.01. The molecule has 2 aliphatic rings. The van der Waals surface area contributed by atoms with Gasteiger partial charge in [-0.05, 0) is 56.0 Å². The van der Waals surface area contributed by atoms with E-state index in [1.807, 2.05) is 24.3 Å². The van der Waals surface area contributed by atoms with E-state index in [0.29, 0.717) is 11.9 Å². The zero-order valence-electron chi connectivity index (χ0n) is 16.5. The Morgan fingerprint density at radius 1 is 1.21 bits per heavy atom. The molecule has 2 aromatic heterocycles. The van der Waals surface area contributed by atoms with Crippen LogP contribution in [0.15, 0.2) is 36.8 Å². The fourth-order valence-electron chi connectivity index (χ4n) is 4.53. The minimum atomic E-state index is -0.00933. The van der Waals surface area contributed by atoms with Crippen LogP contribution in [0.1, 0.15) is 25.3 Å². The highest BCUT2D eigenvalue weighted by Gasteiger charge is 2.34. The van der Waals surface area contributed by atoms with Crippen molar-refractivity contribution in [3.8, 4) is 16.9 Å². The molecule has 1 saturated carbocycles. The molecule has 0 radical (unpaired) electrons. The zero-order valence-corrected chi connectivity index (χ0v) is 16.5. The van der Waals surface area contributed by atoms with Gasteiger partial charge in [0, 0.05) is 24.3 Å². The second-order valence-electron chi connectivity index (χ2n) is 8.15. The molecule has 1 aliphatic heterocycles. The SMILES string of the molecule is Nc1ncnc2c1c(-c1cccc(OCCO)c1)cn2C1CC(CN2CCC2)C1. The Bertz CT molecular complexity index is 1010. The van der Waals surface area contributed by atoms with Crippen molar-refractivity contribution in [3.05, 3.63) is 36.8 Å². The second kappa shape index (κ2) is 7.65. The summed E-state index contributed by atoms with van der Waals surface area (Å²) in [6.07, 6.45) is 7.44. The lowest BCUT2D eigenvalue weighted by Crippen LogP contribution is -2.43. The third-order valence-electron chi connectivity index (χ3n) is 6.21. The first-order chi connectivity index (χ1) is 14.2. The van der Waals surface area contributed by atoms with Crippen LogP contribution in [-0.2, 0) is 0 Å². The van der Waals surface area contributed by atoms with Crippen LogP contribution in [0.3, 0.4) is 0 Å². The third-order valence-corrected chi connectivity index (χ3v) is 6.21. The summed E-state index contributed by atoms with van der Waals surface area (Å²) in [5.41, 5.74) is 9.22. The molecular formula is C22H27N5O2. The standard InChI is InChI=1S/C22H27N5O2/c23-21-20-19(16-3-1-4-18(11-16)29-8-7-28)13-27(22(20)25-14-24-21)17-9-15(10-17)12-26-5-2-6-26/h1,3-4,11,13-15,17,28H,2,5-10,12H2,(H2,23,24,25). The lowest BCUT2D eigenvalue weighted by Gasteiger charge is -2.42. The van der Waals surface area contributed by atoms with Crippen molar-refractivity contribution in [2.24, 2.45) is 5.92 Å². The number of likely N-dealkylation sites (tertiary alicyclic amines) is 1. The monoisotopic (exact) mass is 393 g/mol. The van der Waals surface area contributed by atoms with Gasteiger partial charge in [-0.1, -0.05) is 12.1 Å². The summed E-state index contributed by atoms with van der Waals surface area (Å²) in [5, 5.41) is 9.92. The van der Waals surface area contributed by atoms with Gasteiger partial charge in [-0.2, -0.15) is 0 Å². The largest absolute Gasteiger partial charge is 0.491 e. The maximum absolute atomic E-state index is 9.02. The number of anilines is 1. The lowest BCUT2D eigenvalue weighted by molar-refractivity contribution is 0.0921. The number of fused-ring (bicyclic) bond motifs is 1. The summed E-state index contributed by atoms with van der Waals surface area (Å²) in [5.74, 6) is 2.00. The smallest absolute Gasteiger partial charge is 0.146 e. The van der Waals surface area contributed by atoms with E-state index in [-0.39, 0.29) is 13.2 Å². The number of aliphatic hydroxyl groups is 1. The molecule has 3 N–H and O–H groups in total. The van der Waals surface area contributed by atoms with Crippen LogP contribution in [-0.4, -0.2) is 57.4 Å². The molecular weight excluding hydrogens is 366 g/mol. The van der Waals surface area contributed by atoms with Crippen molar-refractivity contribution in [1.82, 2.24) is 19.4 Å². The highest BCUT2D eigenvalue weighted by atomic mass is 16.5. The van der Waals surface area contributed by atoms with Crippen LogP contribution in [0, 0.1) is 5.92 Å². The number of aliphatic hydroxyl groups excluding tert-OH is 1. The van der Waals surface area contributed by atoms with Gasteiger partial charge in [-0.15, -0.1) is 0 Å². The molecule has 7 nitrogen and oxygen atoms in total. The Morgan fingerprint density at radius 2 is 2.07 bits per heavy atom. The lowest BCUT2D eigenvalue weighted by atomic mass is 9.79. The van der Waals surface area contributed by atoms with Gasteiger partial charge >= 0.3 is 0 Å². The summed E-state index contributed by atoms with van der Waals surface area (Å²) in [7, 11) is 0. The van der Waals surface area contributed by atoms with E-state index in [1.165, 1.54) is 38.9 Å². The van der Waals surface area contributed by atoms with Crippen molar-refractivity contribution in [2.75, 3.05) is 38.6 Å².